The predicted molar refractivity (Wildman–Crippen MR) is 84.0 cm³/mol. The fourth-order valence-corrected chi connectivity index (χ4v) is 4.02. The molecule has 0 aliphatic carbocycles. The fraction of sp³-hybridized carbons (Fsp3) is 0.625. The zero-order valence-electron chi connectivity index (χ0n) is 12.4. The quantitative estimate of drug-likeness (QED) is 0.931. The number of benzene rings is 1. The molecule has 0 radical (unpaired) electrons. The Morgan fingerprint density at radius 1 is 1.43 bits per heavy atom. The molecule has 0 aromatic heterocycles. The van der Waals surface area contributed by atoms with E-state index in [1.165, 1.54) is 25.5 Å². The Bertz CT molecular complexity index is 510. The van der Waals surface area contributed by atoms with E-state index in [9.17, 15) is 4.39 Å². The Kier molecular flexibility index (Phi) is 4.50. The summed E-state index contributed by atoms with van der Waals surface area (Å²) in [6.07, 6.45) is 2.56. The van der Waals surface area contributed by atoms with Crippen molar-refractivity contribution in [2.75, 3.05) is 26.2 Å². The van der Waals surface area contributed by atoms with Crippen LogP contribution < -0.4 is 5.73 Å². The number of halogens is 2. The third-order valence-corrected chi connectivity index (χ3v) is 5.23. The lowest BCUT2D eigenvalue weighted by atomic mass is 9.99. The van der Waals surface area contributed by atoms with Gasteiger partial charge in [0.25, 0.3) is 0 Å². The maximum Gasteiger partial charge on any atom is 0.141 e. The Balaban J connectivity index is 1.83. The molecule has 5 heteroatoms. The molecule has 1 aromatic rings. The molecule has 2 saturated heterocycles. The van der Waals surface area contributed by atoms with Crippen molar-refractivity contribution in [3.63, 3.8) is 0 Å². The maximum absolute atomic E-state index is 13.4. The van der Waals surface area contributed by atoms with E-state index in [-0.39, 0.29) is 16.9 Å². The van der Waals surface area contributed by atoms with Crippen LogP contribution in [0.4, 0.5) is 4.39 Å². The van der Waals surface area contributed by atoms with Crippen molar-refractivity contribution < 1.29 is 4.39 Å². The first-order valence-corrected chi connectivity index (χ1v) is 8.12. The summed E-state index contributed by atoms with van der Waals surface area (Å²) in [4.78, 5) is 5.06. The number of piperazine rings is 1. The highest BCUT2D eigenvalue weighted by Crippen LogP contribution is 2.32. The molecule has 0 saturated carbocycles. The summed E-state index contributed by atoms with van der Waals surface area (Å²) in [5, 5.41) is 0.179. The number of nitrogens with zero attached hydrogens (tertiary/aromatic N) is 2. The molecule has 2 heterocycles. The summed E-state index contributed by atoms with van der Waals surface area (Å²) < 4.78 is 13.4. The molecule has 3 rings (SSSR count). The van der Waals surface area contributed by atoms with Gasteiger partial charge in [-0.1, -0.05) is 17.7 Å². The third-order valence-electron chi connectivity index (χ3n) is 4.94. The van der Waals surface area contributed by atoms with E-state index in [4.69, 9.17) is 17.3 Å². The average Bonchev–Trinajstić information content (AvgIpc) is 2.90. The van der Waals surface area contributed by atoms with Crippen LogP contribution in [-0.4, -0.2) is 48.1 Å². The molecule has 3 atom stereocenters. The van der Waals surface area contributed by atoms with Gasteiger partial charge in [-0.2, -0.15) is 0 Å². The van der Waals surface area contributed by atoms with E-state index in [0.717, 1.165) is 18.7 Å². The Morgan fingerprint density at radius 3 is 2.95 bits per heavy atom. The van der Waals surface area contributed by atoms with Crippen LogP contribution in [0, 0.1) is 5.82 Å². The molecule has 2 aliphatic heterocycles. The highest BCUT2D eigenvalue weighted by Gasteiger charge is 2.37. The van der Waals surface area contributed by atoms with Crippen molar-refractivity contribution in [2.24, 2.45) is 5.73 Å². The number of hydrogen-bond acceptors (Lipinski definition) is 3. The van der Waals surface area contributed by atoms with E-state index in [2.05, 4.69) is 16.7 Å². The van der Waals surface area contributed by atoms with Crippen molar-refractivity contribution >= 4 is 11.6 Å². The summed E-state index contributed by atoms with van der Waals surface area (Å²) in [6, 6.07) is 6.19. The molecular formula is C16H23ClFN3. The van der Waals surface area contributed by atoms with Gasteiger partial charge in [-0.25, -0.2) is 4.39 Å². The van der Waals surface area contributed by atoms with Crippen LogP contribution in [0.1, 0.15) is 31.4 Å². The van der Waals surface area contributed by atoms with Crippen LogP contribution in [0.2, 0.25) is 5.02 Å². The lowest BCUT2D eigenvalue weighted by Crippen LogP contribution is -2.56. The van der Waals surface area contributed by atoms with Crippen LogP contribution in [0.3, 0.4) is 0 Å². The summed E-state index contributed by atoms with van der Waals surface area (Å²) >= 11 is 5.94. The van der Waals surface area contributed by atoms with Gasteiger partial charge in [-0.3, -0.25) is 9.80 Å². The molecule has 21 heavy (non-hydrogen) atoms. The summed E-state index contributed by atoms with van der Waals surface area (Å²) in [5.41, 5.74) is 7.05. The lowest BCUT2D eigenvalue weighted by Gasteiger charge is -2.46. The molecule has 2 fully saturated rings. The molecule has 2 N–H and O–H groups in total. The highest BCUT2D eigenvalue weighted by atomic mass is 35.5. The Hall–Kier alpha value is -0.680. The Morgan fingerprint density at radius 2 is 2.24 bits per heavy atom. The summed E-state index contributed by atoms with van der Waals surface area (Å²) in [5.74, 6) is -0.371. The third kappa shape index (κ3) is 2.95. The van der Waals surface area contributed by atoms with Crippen molar-refractivity contribution in [1.29, 1.82) is 0 Å². The average molecular weight is 312 g/mol. The van der Waals surface area contributed by atoms with Gasteiger partial charge in [-0.05, 0) is 44.0 Å². The van der Waals surface area contributed by atoms with E-state index >= 15 is 0 Å². The van der Waals surface area contributed by atoms with Crippen molar-refractivity contribution in [2.45, 2.75) is 37.9 Å². The topological polar surface area (TPSA) is 32.5 Å². The minimum Gasteiger partial charge on any atom is -0.329 e. The minimum atomic E-state index is -0.371. The summed E-state index contributed by atoms with van der Waals surface area (Å²) in [6.45, 7) is 6.13. The molecule has 0 spiro atoms. The first-order chi connectivity index (χ1) is 10.1. The molecule has 1 aromatic carbocycles. The molecule has 0 bridgehead atoms. The van der Waals surface area contributed by atoms with Gasteiger partial charge in [0.05, 0.1) is 5.02 Å². The van der Waals surface area contributed by atoms with Crippen LogP contribution in [0.25, 0.3) is 0 Å². The molecule has 3 nitrogen and oxygen atoms in total. The van der Waals surface area contributed by atoms with Crippen LogP contribution in [0.15, 0.2) is 18.2 Å². The molecule has 0 amide bonds. The first kappa shape index (κ1) is 15.2. The molecule has 2 aliphatic rings. The maximum atomic E-state index is 13.4. The lowest BCUT2D eigenvalue weighted by molar-refractivity contribution is 0.0296. The number of fused-ring (bicyclic) bond motifs is 1. The van der Waals surface area contributed by atoms with E-state index < -0.39 is 0 Å². The normalized spacial score (nSPS) is 28.6. The number of rotatable bonds is 3. The van der Waals surface area contributed by atoms with Gasteiger partial charge in [0.1, 0.15) is 5.82 Å². The zero-order valence-corrected chi connectivity index (χ0v) is 13.2. The second kappa shape index (κ2) is 6.21. The first-order valence-electron chi connectivity index (χ1n) is 7.75. The second-order valence-corrected chi connectivity index (χ2v) is 6.67. The van der Waals surface area contributed by atoms with Crippen molar-refractivity contribution in [3.05, 3.63) is 34.6 Å². The standard InChI is InChI=1S/C16H23ClFN3/c1-11-9-20-6-2-3-13(20)10-21(11)16(8-19)12-4-5-15(18)14(17)7-12/h4-5,7,11,13,16H,2-3,6,8-10,19H2,1H3. The molecule has 3 unspecified atom stereocenters. The Labute approximate surface area is 130 Å². The van der Waals surface area contributed by atoms with Crippen LogP contribution >= 0.6 is 11.6 Å². The fourth-order valence-electron chi connectivity index (χ4n) is 3.83. The van der Waals surface area contributed by atoms with Crippen LogP contribution in [-0.2, 0) is 0 Å². The molecular weight excluding hydrogens is 289 g/mol. The van der Waals surface area contributed by atoms with Crippen molar-refractivity contribution in [3.8, 4) is 0 Å². The monoisotopic (exact) mass is 311 g/mol. The van der Waals surface area contributed by atoms with E-state index in [0.29, 0.717) is 18.6 Å². The van der Waals surface area contributed by atoms with Gasteiger partial charge >= 0.3 is 0 Å². The number of hydrogen-bond donors (Lipinski definition) is 1. The SMILES string of the molecule is CC1CN2CCCC2CN1C(CN)c1ccc(F)c(Cl)c1. The second-order valence-electron chi connectivity index (χ2n) is 6.26. The molecule has 116 valence electrons. The summed E-state index contributed by atoms with van der Waals surface area (Å²) in [7, 11) is 0. The number of nitrogens with two attached hydrogens (primary N) is 1. The van der Waals surface area contributed by atoms with Gasteiger partial charge in [0.2, 0.25) is 0 Å². The highest BCUT2D eigenvalue weighted by molar-refractivity contribution is 6.30. The van der Waals surface area contributed by atoms with Crippen molar-refractivity contribution in [1.82, 2.24) is 9.80 Å². The van der Waals surface area contributed by atoms with Crippen LogP contribution in [0.5, 0.6) is 0 Å². The zero-order chi connectivity index (χ0) is 15.0. The van der Waals surface area contributed by atoms with Gasteiger partial charge in [0.15, 0.2) is 0 Å². The van der Waals surface area contributed by atoms with Gasteiger partial charge in [-0.15, -0.1) is 0 Å². The van der Waals surface area contributed by atoms with E-state index in [1.807, 2.05) is 6.07 Å². The largest absolute Gasteiger partial charge is 0.329 e. The smallest absolute Gasteiger partial charge is 0.141 e. The van der Waals surface area contributed by atoms with Gasteiger partial charge < -0.3 is 5.73 Å². The van der Waals surface area contributed by atoms with Gasteiger partial charge in [0, 0.05) is 37.8 Å². The minimum absolute atomic E-state index is 0.112. The predicted octanol–water partition coefficient (Wildman–Crippen LogP) is 2.65. The van der Waals surface area contributed by atoms with E-state index in [1.54, 1.807) is 6.07 Å².